The van der Waals surface area contributed by atoms with Crippen molar-refractivity contribution in [1.29, 1.82) is 0 Å². The number of nitrogens with two attached hydrogens (primary N) is 1. The number of pyridine rings is 1. The molecule has 12 nitrogen and oxygen atoms in total. The summed E-state index contributed by atoms with van der Waals surface area (Å²) >= 11 is 0. The lowest BCUT2D eigenvalue weighted by molar-refractivity contribution is -0.148. The maximum atomic E-state index is 13.8. The molecule has 0 aliphatic heterocycles. The van der Waals surface area contributed by atoms with Gasteiger partial charge < -0.3 is 31.5 Å². The number of carbonyl (C=O) groups excluding carboxylic acids is 4. The van der Waals surface area contributed by atoms with Crippen molar-refractivity contribution in [2.45, 2.75) is 31.4 Å². The smallest absolute Gasteiger partial charge is 0.255 e. The van der Waals surface area contributed by atoms with Gasteiger partial charge in [-0.15, -0.1) is 0 Å². The third kappa shape index (κ3) is 3.79. The van der Waals surface area contributed by atoms with E-state index in [9.17, 15) is 39.6 Å². The van der Waals surface area contributed by atoms with Crippen LogP contribution in [0.15, 0.2) is 53.1 Å². The Balaban J connectivity index is 1.66. The van der Waals surface area contributed by atoms with Crippen LogP contribution in [0.1, 0.15) is 29.3 Å². The fourth-order valence-electron chi connectivity index (χ4n) is 6.32. The number of anilines is 1. The minimum absolute atomic E-state index is 0.0181. The van der Waals surface area contributed by atoms with Crippen molar-refractivity contribution in [1.82, 2.24) is 9.88 Å². The Morgan fingerprint density at radius 1 is 1.12 bits per heavy atom. The van der Waals surface area contributed by atoms with E-state index in [1.54, 1.807) is 32.3 Å². The van der Waals surface area contributed by atoms with E-state index in [1.165, 1.54) is 24.1 Å². The normalized spacial score (nSPS) is 25.9. The Kier molecular flexibility index (Phi) is 6.27. The molecule has 12 heteroatoms. The fourth-order valence-corrected chi connectivity index (χ4v) is 6.32. The first-order valence-corrected chi connectivity index (χ1v) is 12.5. The lowest BCUT2D eigenvalue weighted by Crippen LogP contribution is -2.63. The van der Waals surface area contributed by atoms with Crippen LogP contribution in [0.5, 0.6) is 5.75 Å². The average molecular weight is 549 g/mol. The lowest BCUT2D eigenvalue weighted by atomic mass is 9.58. The molecule has 1 aromatic heterocycles. The summed E-state index contributed by atoms with van der Waals surface area (Å²) < 4.78 is 0. The molecule has 1 heterocycles. The standard InChI is InChI=1S/C28H28N4O8/c1-11(33)31-13-4-6-17(30-10-13)14-5-7-18(34)20-15(14)8-12-9-16-22(32(2)3)24(36)21(27(29)39)26(38)28(16,40)25(37)19(12)23(20)35/h4-7,10,12,16,22,34,36-37,40H,8-9H2,1-3H3,(H2,29,39)(H,31,33). The number of fused-ring (bicyclic) bond motifs is 3. The van der Waals surface area contributed by atoms with Crippen molar-refractivity contribution < 1.29 is 39.6 Å². The molecule has 2 aromatic rings. The number of aromatic hydroxyl groups is 1. The number of aliphatic hydroxyl groups excluding tert-OH is 2. The number of primary amides is 1. The van der Waals surface area contributed by atoms with E-state index in [0.29, 0.717) is 22.5 Å². The molecule has 40 heavy (non-hydrogen) atoms. The average Bonchev–Trinajstić information content (AvgIpc) is 2.86. The number of hydrogen-bond donors (Lipinski definition) is 6. The van der Waals surface area contributed by atoms with Crippen molar-refractivity contribution in [3.63, 3.8) is 0 Å². The maximum absolute atomic E-state index is 13.8. The van der Waals surface area contributed by atoms with Gasteiger partial charge in [-0.05, 0) is 62.7 Å². The molecule has 3 aliphatic rings. The van der Waals surface area contributed by atoms with Crippen LogP contribution in [-0.4, -0.2) is 79.4 Å². The number of likely N-dealkylation sites (N-methyl/N-ethyl adjacent to an activating group) is 1. The number of benzene rings is 1. The molecule has 0 radical (unpaired) electrons. The van der Waals surface area contributed by atoms with Gasteiger partial charge in [0.2, 0.25) is 11.7 Å². The number of amides is 2. The van der Waals surface area contributed by atoms with Crippen molar-refractivity contribution in [3.05, 3.63) is 64.3 Å². The highest BCUT2D eigenvalue weighted by molar-refractivity contribution is 6.24. The minimum atomic E-state index is -2.70. The summed E-state index contributed by atoms with van der Waals surface area (Å²) in [6.45, 7) is 1.37. The molecule has 5 rings (SSSR count). The van der Waals surface area contributed by atoms with Crippen molar-refractivity contribution in [3.8, 4) is 17.0 Å². The van der Waals surface area contributed by atoms with Crippen molar-refractivity contribution in [2.75, 3.05) is 19.4 Å². The second kappa shape index (κ2) is 9.28. The van der Waals surface area contributed by atoms with Gasteiger partial charge in [0.25, 0.3) is 5.91 Å². The molecule has 3 aliphatic carbocycles. The van der Waals surface area contributed by atoms with E-state index in [0.717, 1.165) is 0 Å². The number of rotatable bonds is 4. The number of aliphatic hydroxyl groups is 3. The first-order chi connectivity index (χ1) is 18.8. The van der Waals surface area contributed by atoms with Crippen LogP contribution >= 0.6 is 0 Å². The molecular formula is C28H28N4O8. The van der Waals surface area contributed by atoms with Crippen LogP contribution < -0.4 is 11.1 Å². The first-order valence-electron chi connectivity index (χ1n) is 12.5. The molecule has 7 N–H and O–H groups in total. The number of allylic oxidation sites excluding steroid dienone is 1. The number of nitrogens with zero attached hydrogens (tertiary/aromatic N) is 2. The van der Waals surface area contributed by atoms with Crippen molar-refractivity contribution >= 4 is 29.1 Å². The second-order valence-corrected chi connectivity index (χ2v) is 10.6. The summed E-state index contributed by atoms with van der Waals surface area (Å²) in [6, 6.07) is 5.15. The van der Waals surface area contributed by atoms with Gasteiger partial charge in [0.05, 0.1) is 29.2 Å². The van der Waals surface area contributed by atoms with Crippen LogP contribution in [0.3, 0.4) is 0 Å². The van der Waals surface area contributed by atoms with Crippen LogP contribution in [-0.2, 0) is 20.8 Å². The Bertz CT molecular complexity index is 1560. The van der Waals surface area contributed by atoms with E-state index in [4.69, 9.17) is 5.73 Å². The SMILES string of the molecule is CC(=O)Nc1ccc(-c2ccc(O)c3c2CC2CC4C(N(C)C)C(O)=C(C(N)=O)C(=O)C4(O)C(O)=C2C3=O)nc1. The van der Waals surface area contributed by atoms with Gasteiger partial charge in [-0.1, -0.05) is 0 Å². The van der Waals surface area contributed by atoms with Gasteiger partial charge >= 0.3 is 0 Å². The summed E-state index contributed by atoms with van der Waals surface area (Å²) in [7, 11) is 3.14. The second-order valence-electron chi connectivity index (χ2n) is 10.6. The zero-order valence-electron chi connectivity index (χ0n) is 21.9. The number of phenolic OH excluding ortho intramolecular Hbond substituents is 1. The minimum Gasteiger partial charge on any atom is -0.510 e. The van der Waals surface area contributed by atoms with E-state index < -0.39 is 58.0 Å². The molecule has 2 amide bonds. The van der Waals surface area contributed by atoms with E-state index >= 15 is 0 Å². The fraction of sp³-hybridized carbons (Fsp3) is 0.321. The van der Waals surface area contributed by atoms with Crippen molar-refractivity contribution in [2.24, 2.45) is 17.6 Å². The highest BCUT2D eigenvalue weighted by Gasteiger charge is 2.63. The Hall–Kier alpha value is -4.55. The Morgan fingerprint density at radius 3 is 2.40 bits per heavy atom. The van der Waals surface area contributed by atoms with Gasteiger partial charge in [0.15, 0.2) is 11.4 Å². The quantitative estimate of drug-likeness (QED) is 0.301. The third-order valence-electron chi connectivity index (χ3n) is 7.97. The first kappa shape index (κ1) is 27.0. The van der Waals surface area contributed by atoms with E-state index in [-0.39, 0.29) is 35.6 Å². The van der Waals surface area contributed by atoms with Gasteiger partial charge in [0, 0.05) is 24.0 Å². The van der Waals surface area contributed by atoms with Crippen LogP contribution in [0, 0.1) is 11.8 Å². The monoisotopic (exact) mass is 548 g/mol. The largest absolute Gasteiger partial charge is 0.510 e. The molecule has 1 aromatic carbocycles. The highest BCUT2D eigenvalue weighted by atomic mass is 16.3. The van der Waals surface area contributed by atoms with E-state index in [1.807, 2.05) is 0 Å². The van der Waals surface area contributed by atoms with Crippen LogP contribution in [0.4, 0.5) is 5.69 Å². The topological polar surface area (TPSA) is 203 Å². The molecule has 0 bridgehead atoms. The predicted octanol–water partition coefficient (Wildman–Crippen LogP) is 1.14. The predicted molar refractivity (Wildman–Crippen MR) is 141 cm³/mol. The molecule has 0 saturated heterocycles. The number of phenols is 1. The third-order valence-corrected chi connectivity index (χ3v) is 7.97. The molecular weight excluding hydrogens is 520 g/mol. The summed E-state index contributed by atoms with van der Waals surface area (Å²) in [4.78, 5) is 56.5. The molecule has 208 valence electrons. The number of aromatic nitrogens is 1. The lowest BCUT2D eigenvalue weighted by Gasteiger charge is -2.50. The zero-order valence-corrected chi connectivity index (χ0v) is 21.9. The van der Waals surface area contributed by atoms with Crippen LogP contribution in [0.25, 0.3) is 11.3 Å². The number of ketones is 2. The number of nitrogens with one attached hydrogen (secondary N) is 1. The summed E-state index contributed by atoms with van der Waals surface area (Å²) in [5, 5.41) is 47.3. The van der Waals surface area contributed by atoms with E-state index in [2.05, 4.69) is 10.3 Å². The number of Topliss-reactive ketones (excluding diaryl/α,β-unsaturated/α-hetero) is 2. The summed E-state index contributed by atoms with van der Waals surface area (Å²) in [5.41, 5.74) is 3.40. The number of carbonyl (C=O) groups is 4. The summed E-state index contributed by atoms with van der Waals surface area (Å²) in [6.07, 6.45) is 1.57. The molecule has 0 saturated carbocycles. The zero-order chi connectivity index (χ0) is 29.3. The molecule has 0 fully saturated rings. The molecule has 4 atom stereocenters. The Labute approximate surface area is 228 Å². The summed E-state index contributed by atoms with van der Waals surface area (Å²) in [5.74, 6) is -7.33. The van der Waals surface area contributed by atoms with Gasteiger partial charge in [-0.25, -0.2) is 0 Å². The van der Waals surface area contributed by atoms with Gasteiger partial charge in [0.1, 0.15) is 22.8 Å². The molecule has 4 unspecified atom stereocenters. The van der Waals surface area contributed by atoms with Crippen LogP contribution in [0.2, 0.25) is 0 Å². The van der Waals surface area contributed by atoms with Gasteiger partial charge in [-0.3, -0.25) is 29.1 Å². The number of hydrogen-bond acceptors (Lipinski definition) is 10. The highest BCUT2D eigenvalue weighted by Crippen LogP contribution is 2.53. The molecule has 0 spiro atoms. The Morgan fingerprint density at radius 2 is 1.82 bits per heavy atom. The maximum Gasteiger partial charge on any atom is 0.255 e. The van der Waals surface area contributed by atoms with Gasteiger partial charge in [-0.2, -0.15) is 0 Å².